The standard InChI is InChI=1S/C16H14N2O3/c1-10-6-11(8-17-7-10)16(20)18-13-9-21-14-5-3-2-4-12(14)15(13)19/h2-8,13H,9H2,1H3,(H,18,20)/t13-/m1/s1. The first-order valence-corrected chi connectivity index (χ1v) is 6.64. The van der Waals surface area contributed by atoms with Gasteiger partial charge >= 0.3 is 0 Å². The third kappa shape index (κ3) is 2.63. The van der Waals surface area contributed by atoms with Gasteiger partial charge in [0.2, 0.25) is 0 Å². The van der Waals surface area contributed by atoms with Crippen molar-refractivity contribution in [3.05, 3.63) is 59.4 Å². The molecule has 1 aromatic heterocycles. The summed E-state index contributed by atoms with van der Waals surface area (Å²) in [7, 11) is 0. The van der Waals surface area contributed by atoms with E-state index in [1.807, 2.05) is 13.0 Å². The van der Waals surface area contributed by atoms with Crippen molar-refractivity contribution in [3.63, 3.8) is 0 Å². The summed E-state index contributed by atoms with van der Waals surface area (Å²) in [5.41, 5.74) is 1.82. The Hall–Kier alpha value is -2.69. The molecule has 0 radical (unpaired) electrons. The van der Waals surface area contributed by atoms with Gasteiger partial charge in [0.15, 0.2) is 5.78 Å². The molecule has 0 spiro atoms. The second-order valence-corrected chi connectivity index (χ2v) is 4.95. The summed E-state index contributed by atoms with van der Waals surface area (Å²) in [6.45, 7) is 2.00. The molecule has 1 aromatic carbocycles. The number of amides is 1. The largest absolute Gasteiger partial charge is 0.490 e. The number of nitrogens with zero attached hydrogens (tertiary/aromatic N) is 1. The van der Waals surface area contributed by atoms with Gasteiger partial charge in [0, 0.05) is 12.4 Å². The number of hydrogen-bond acceptors (Lipinski definition) is 4. The Morgan fingerprint density at radius 3 is 2.95 bits per heavy atom. The lowest BCUT2D eigenvalue weighted by atomic mass is 10.0. The summed E-state index contributed by atoms with van der Waals surface area (Å²) in [6.07, 6.45) is 3.15. The maximum atomic E-state index is 12.3. The number of Topliss-reactive ketones (excluding diaryl/α,β-unsaturated/α-hetero) is 1. The molecule has 3 rings (SSSR count). The molecule has 1 aliphatic rings. The zero-order valence-electron chi connectivity index (χ0n) is 11.5. The number of aryl methyl sites for hydroxylation is 1. The van der Waals surface area contributed by atoms with Crippen LogP contribution in [0.25, 0.3) is 0 Å². The van der Waals surface area contributed by atoms with E-state index in [0.29, 0.717) is 16.9 Å². The zero-order chi connectivity index (χ0) is 14.8. The number of carbonyl (C=O) groups is 2. The van der Waals surface area contributed by atoms with Crippen molar-refractivity contribution in [3.8, 4) is 5.75 Å². The number of carbonyl (C=O) groups excluding carboxylic acids is 2. The minimum Gasteiger partial charge on any atom is -0.490 e. The molecule has 0 bridgehead atoms. The number of nitrogens with one attached hydrogen (secondary N) is 1. The summed E-state index contributed by atoms with van der Waals surface area (Å²) in [4.78, 5) is 28.5. The van der Waals surface area contributed by atoms with Crippen LogP contribution in [0.15, 0.2) is 42.7 Å². The van der Waals surface area contributed by atoms with Gasteiger partial charge in [-0.05, 0) is 30.7 Å². The van der Waals surface area contributed by atoms with E-state index in [1.54, 1.807) is 30.5 Å². The van der Waals surface area contributed by atoms with Crippen LogP contribution in [0.2, 0.25) is 0 Å². The molecule has 1 N–H and O–H groups in total. The number of para-hydroxylation sites is 1. The molecule has 1 aliphatic heterocycles. The molecule has 5 heteroatoms. The molecule has 106 valence electrons. The van der Waals surface area contributed by atoms with Gasteiger partial charge in [0.05, 0.1) is 11.1 Å². The van der Waals surface area contributed by atoms with Crippen LogP contribution in [0.1, 0.15) is 26.3 Å². The van der Waals surface area contributed by atoms with E-state index in [-0.39, 0.29) is 18.3 Å². The highest BCUT2D eigenvalue weighted by atomic mass is 16.5. The highest BCUT2D eigenvalue weighted by Gasteiger charge is 2.29. The van der Waals surface area contributed by atoms with E-state index in [2.05, 4.69) is 10.3 Å². The van der Waals surface area contributed by atoms with E-state index < -0.39 is 6.04 Å². The molecule has 1 amide bonds. The lowest BCUT2D eigenvalue weighted by Gasteiger charge is -2.24. The first-order chi connectivity index (χ1) is 10.1. The Morgan fingerprint density at radius 1 is 1.33 bits per heavy atom. The zero-order valence-corrected chi connectivity index (χ0v) is 11.5. The van der Waals surface area contributed by atoms with Crippen molar-refractivity contribution in [1.82, 2.24) is 10.3 Å². The number of benzene rings is 1. The van der Waals surface area contributed by atoms with Gasteiger partial charge in [-0.3, -0.25) is 14.6 Å². The predicted molar refractivity (Wildman–Crippen MR) is 76.5 cm³/mol. The summed E-state index contributed by atoms with van der Waals surface area (Å²) in [5.74, 6) is 0.101. The molecule has 0 saturated carbocycles. The SMILES string of the molecule is Cc1cncc(C(=O)N[C@@H]2COc3ccccc3C2=O)c1. The van der Waals surface area contributed by atoms with Crippen molar-refractivity contribution >= 4 is 11.7 Å². The number of pyridine rings is 1. The van der Waals surface area contributed by atoms with E-state index in [0.717, 1.165) is 5.56 Å². The third-order valence-electron chi connectivity index (χ3n) is 3.32. The molecule has 5 nitrogen and oxygen atoms in total. The van der Waals surface area contributed by atoms with Crippen LogP contribution in [-0.2, 0) is 0 Å². The Balaban J connectivity index is 1.78. The van der Waals surface area contributed by atoms with Crippen LogP contribution >= 0.6 is 0 Å². The maximum Gasteiger partial charge on any atom is 0.253 e. The molecule has 2 aromatic rings. The fraction of sp³-hybridized carbons (Fsp3) is 0.188. The molecule has 1 atom stereocenters. The van der Waals surface area contributed by atoms with E-state index in [9.17, 15) is 9.59 Å². The normalized spacial score (nSPS) is 16.8. The average molecular weight is 282 g/mol. The number of aromatic nitrogens is 1. The lowest BCUT2D eigenvalue weighted by molar-refractivity contribution is 0.0795. The summed E-state index contributed by atoms with van der Waals surface area (Å²) in [5, 5.41) is 2.70. The molecule has 0 fully saturated rings. The van der Waals surface area contributed by atoms with Crippen LogP contribution < -0.4 is 10.1 Å². The van der Waals surface area contributed by atoms with Gasteiger partial charge in [-0.25, -0.2) is 0 Å². The van der Waals surface area contributed by atoms with Crippen LogP contribution in [-0.4, -0.2) is 29.3 Å². The molecule has 2 heterocycles. The second kappa shape index (κ2) is 5.36. The Kier molecular flexibility index (Phi) is 3.39. The maximum absolute atomic E-state index is 12.3. The minimum atomic E-state index is -0.673. The number of ketones is 1. The monoisotopic (exact) mass is 282 g/mol. The first kappa shape index (κ1) is 13.3. The number of rotatable bonds is 2. The number of ether oxygens (including phenoxy) is 1. The van der Waals surface area contributed by atoms with E-state index in [1.165, 1.54) is 6.20 Å². The van der Waals surface area contributed by atoms with Crippen molar-refractivity contribution in [2.45, 2.75) is 13.0 Å². The smallest absolute Gasteiger partial charge is 0.253 e. The number of hydrogen-bond donors (Lipinski definition) is 1. The molecule has 0 saturated heterocycles. The Bertz CT molecular complexity index is 712. The fourth-order valence-corrected chi connectivity index (χ4v) is 2.26. The van der Waals surface area contributed by atoms with Gasteiger partial charge in [0.25, 0.3) is 5.91 Å². The quantitative estimate of drug-likeness (QED) is 0.911. The molecular formula is C16H14N2O3. The van der Waals surface area contributed by atoms with E-state index >= 15 is 0 Å². The topological polar surface area (TPSA) is 68.3 Å². The van der Waals surface area contributed by atoms with Crippen molar-refractivity contribution in [2.75, 3.05) is 6.61 Å². The van der Waals surface area contributed by atoms with Gasteiger partial charge in [-0.15, -0.1) is 0 Å². The Morgan fingerprint density at radius 2 is 2.14 bits per heavy atom. The highest BCUT2D eigenvalue weighted by Crippen LogP contribution is 2.24. The van der Waals surface area contributed by atoms with Crippen LogP contribution in [0.4, 0.5) is 0 Å². The summed E-state index contributed by atoms with van der Waals surface area (Å²) >= 11 is 0. The highest BCUT2D eigenvalue weighted by molar-refractivity contribution is 6.06. The van der Waals surface area contributed by atoms with Crippen LogP contribution in [0.3, 0.4) is 0 Å². The van der Waals surface area contributed by atoms with Gasteiger partial charge < -0.3 is 10.1 Å². The molecule has 0 aliphatic carbocycles. The van der Waals surface area contributed by atoms with Gasteiger partial charge in [-0.1, -0.05) is 12.1 Å². The average Bonchev–Trinajstić information content (AvgIpc) is 2.50. The Labute approximate surface area is 122 Å². The fourth-order valence-electron chi connectivity index (χ4n) is 2.26. The van der Waals surface area contributed by atoms with Crippen molar-refractivity contribution < 1.29 is 14.3 Å². The first-order valence-electron chi connectivity index (χ1n) is 6.64. The minimum absolute atomic E-state index is 0.134. The van der Waals surface area contributed by atoms with Crippen molar-refractivity contribution in [1.29, 1.82) is 0 Å². The molecule has 0 unspecified atom stereocenters. The van der Waals surface area contributed by atoms with E-state index in [4.69, 9.17) is 4.74 Å². The lowest BCUT2D eigenvalue weighted by Crippen LogP contribution is -2.47. The van der Waals surface area contributed by atoms with Crippen molar-refractivity contribution in [2.24, 2.45) is 0 Å². The molecular weight excluding hydrogens is 268 g/mol. The van der Waals surface area contributed by atoms with Crippen LogP contribution in [0, 0.1) is 6.92 Å². The summed E-state index contributed by atoms with van der Waals surface area (Å²) < 4.78 is 5.52. The summed E-state index contributed by atoms with van der Waals surface area (Å²) in [6, 6.07) is 8.08. The predicted octanol–water partition coefficient (Wildman–Crippen LogP) is 1.76. The van der Waals surface area contributed by atoms with Crippen LogP contribution in [0.5, 0.6) is 5.75 Å². The second-order valence-electron chi connectivity index (χ2n) is 4.95. The third-order valence-corrected chi connectivity index (χ3v) is 3.32. The molecule has 21 heavy (non-hydrogen) atoms. The van der Waals surface area contributed by atoms with Gasteiger partial charge in [0.1, 0.15) is 18.4 Å². The van der Waals surface area contributed by atoms with Gasteiger partial charge in [-0.2, -0.15) is 0 Å². The number of fused-ring (bicyclic) bond motifs is 1.